The minimum absolute atomic E-state index is 0.0382. The van der Waals surface area contributed by atoms with Crippen LogP contribution in [0.4, 0.5) is 23.7 Å². The highest BCUT2D eigenvalue weighted by Crippen LogP contribution is 2.31. The van der Waals surface area contributed by atoms with Gasteiger partial charge in [0.1, 0.15) is 12.1 Å². The Labute approximate surface area is 130 Å². The number of nitrogens with zero attached hydrogens (tertiary/aromatic N) is 3. The van der Waals surface area contributed by atoms with Gasteiger partial charge in [-0.2, -0.15) is 23.7 Å². The highest BCUT2D eigenvalue weighted by atomic mass is 19.4. The molecule has 1 aliphatic heterocycles. The molecule has 0 radical (unpaired) electrons. The first-order valence-electron chi connectivity index (χ1n) is 6.92. The standard InChI is InChI=1S/C15H13F3N4O/c16-15(17,18)10-3-1-4-11(7-10)21-14(23)22-12(8-19)5-2-6-13(22)9-20/h1,3-4,7,12-13H,2,5-6H2,(H,21,23). The number of carbonyl (C=O) groups is 1. The van der Waals surface area contributed by atoms with Gasteiger partial charge in [0.2, 0.25) is 0 Å². The molecule has 1 aliphatic rings. The zero-order chi connectivity index (χ0) is 17.0. The van der Waals surface area contributed by atoms with Crippen LogP contribution >= 0.6 is 0 Å². The van der Waals surface area contributed by atoms with Gasteiger partial charge in [-0.3, -0.25) is 4.90 Å². The number of alkyl halides is 3. The number of nitrogens with one attached hydrogen (secondary N) is 1. The monoisotopic (exact) mass is 322 g/mol. The number of nitriles is 2. The third kappa shape index (κ3) is 3.72. The fourth-order valence-corrected chi connectivity index (χ4v) is 2.50. The van der Waals surface area contributed by atoms with Crippen molar-refractivity contribution in [2.75, 3.05) is 5.32 Å². The molecule has 23 heavy (non-hydrogen) atoms. The Morgan fingerprint density at radius 3 is 2.35 bits per heavy atom. The number of benzene rings is 1. The van der Waals surface area contributed by atoms with Crippen LogP contribution in [-0.2, 0) is 6.18 Å². The molecule has 1 fully saturated rings. The number of hydrogen-bond acceptors (Lipinski definition) is 3. The van der Waals surface area contributed by atoms with Gasteiger partial charge in [0.15, 0.2) is 0 Å². The van der Waals surface area contributed by atoms with E-state index in [-0.39, 0.29) is 5.69 Å². The maximum absolute atomic E-state index is 12.7. The fourth-order valence-electron chi connectivity index (χ4n) is 2.50. The summed E-state index contributed by atoms with van der Waals surface area (Å²) in [6.07, 6.45) is -3.00. The van der Waals surface area contributed by atoms with Crippen LogP contribution in [0.3, 0.4) is 0 Å². The molecule has 8 heteroatoms. The summed E-state index contributed by atoms with van der Waals surface area (Å²) in [6.45, 7) is 0. The third-order valence-electron chi connectivity index (χ3n) is 3.60. The SMILES string of the molecule is N#CC1CCCC(C#N)N1C(=O)Nc1cccc(C(F)(F)F)c1. The lowest BCUT2D eigenvalue weighted by Gasteiger charge is -2.35. The number of anilines is 1. The molecule has 1 N–H and O–H groups in total. The van der Waals surface area contributed by atoms with Crippen LogP contribution in [0.25, 0.3) is 0 Å². The van der Waals surface area contributed by atoms with Crippen molar-refractivity contribution >= 4 is 11.7 Å². The van der Waals surface area contributed by atoms with Crippen molar-refractivity contribution in [3.8, 4) is 12.1 Å². The highest BCUT2D eigenvalue weighted by molar-refractivity contribution is 5.90. The summed E-state index contributed by atoms with van der Waals surface area (Å²) in [6, 6.07) is 5.84. The summed E-state index contributed by atoms with van der Waals surface area (Å²) < 4.78 is 38.1. The van der Waals surface area contributed by atoms with Gasteiger partial charge >= 0.3 is 12.2 Å². The number of rotatable bonds is 1. The highest BCUT2D eigenvalue weighted by Gasteiger charge is 2.35. The van der Waals surface area contributed by atoms with Crippen molar-refractivity contribution < 1.29 is 18.0 Å². The molecule has 1 aromatic rings. The molecule has 2 atom stereocenters. The molecule has 2 rings (SSSR count). The van der Waals surface area contributed by atoms with Gasteiger partial charge in [-0.25, -0.2) is 4.79 Å². The zero-order valence-electron chi connectivity index (χ0n) is 12.0. The summed E-state index contributed by atoms with van der Waals surface area (Å²) in [7, 11) is 0. The van der Waals surface area contributed by atoms with Crippen LogP contribution in [0.5, 0.6) is 0 Å². The summed E-state index contributed by atoms with van der Waals surface area (Å²) in [5, 5.41) is 20.6. The number of amides is 2. The van der Waals surface area contributed by atoms with Gasteiger partial charge in [0.05, 0.1) is 17.7 Å². The summed E-state index contributed by atoms with van der Waals surface area (Å²) in [4.78, 5) is 13.4. The van der Waals surface area contributed by atoms with E-state index in [1.807, 2.05) is 12.1 Å². The minimum Gasteiger partial charge on any atom is -0.308 e. The van der Waals surface area contributed by atoms with Gasteiger partial charge in [0, 0.05) is 5.69 Å². The molecule has 1 aromatic carbocycles. The molecule has 1 heterocycles. The molecule has 0 aromatic heterocycles. The van der Waals surface area contributed by atoms with Crippen molar-refractivity contribution in [3.05, 3.63) is 29.8 Å². The first-order valence-corrected chi connectivity index (χ1v) is 6.92. The van der Waals surface area contributed by atoms with Crippen molar-refractivity contribution in [2.45, 2.75) is 37.5 Å². The molecule has 1 saturated heterocycles. The molecule has 0 spiro atoms. The summed E-state index contributed by atoms with van der Waals surface area (Å²) >= 11 is 0. The second kappa shape index (κ2) is 6.57. The minimum atomic E-state index is -4.52. The number of piperidine rings is 1. The summed E-state index contributed by atoms with van der Waals surface area (Å²) in [5.41, 5.74) is -0.925. The van der Waals surface area contributed by atoms with Crippen LogP contribution in [0.1, 0.15) is 24.8 Å². The van der Waals surface area contributed by atoms with E-state index in [1.165, 1.54) is 12.1 Å². The van der Waals surface area contributed by atoms with Crippen LogP contribution in [0.2, 0.25) is 0 Å². The summed E-state index contributed by atoms with van der Waals surface area (Å²) in [5.74, 6) is 0. The van der Waals surface area contributed by atoms with E-state index < -0.39 is 29.9 Å². The topological polar surface area (TPSA) is 79.9 Å². The van der Waals surface area contributed by atoms with E-state index in [2.05, 4.69) is 5.32 Å². The molecular weight excluding hydrogens is 309 g/mol. The molecular formula is C15H13F3N4O. The van der Waals surface area contributed by atoms with Crippen molar-refractivity contribution in [1.29, 1.82) is 10.5 Å². The van der Waals surface area contributed by atoms with Crippen molar-refractivity contribution in [1.82, 2.24) is 4.90 Å². The lowest BCUT2D eigenvalue weighted by atomic mass is 9.97. The first-order chi connectivity index (χ1) is 10.9. The number of hydrogen-bond donors (Lipinski definition) is 1. The van der Waals surface area contributed by atoms with E-state index in [1.54, 1.807) is 0 Å². The maximum atomic E-state index is 12.7. The normalized spacial score (nSPS) is 21.2. The smallest absolute Gasteiger partial charge is 0.308 e. The number of halogens is 3. The van der Waals surface area contributed by atoms with Crippen molar-refractivity contribution in [3.63, 3.8) is 0 Å². The Kier molecular flexibility index (Phi) is 4.75. The van der Waals surface area contributed by atoms with Gasteiger partial charge < -0.3 is 5.32 Å². The Balaban J connectivity index is 2.21. The quantitative estimate of drug-likeness (QED) is 0.859. The molecule has 0 bridgehead atoms. The van der Waals surface area contributed by atoms with Crippen LogP contribution in [0, 0.1) is 22.7 Å². The van der Waals surface area contributed by atoms with Crippen LogP contribution < -0.4 is 5.32 Å². The first kappa shape index (κ1) is 16.6. The molecule has 120 valence electrons. The molecule has 2 unspecified atom stereocenters. The number of urea groups is 1. The predicted molar refractivity (Wildman–Crippen MR) is 75.0 cm³/mol. The van der Waals surface area contributed by atoms with Gasteiger partial charge in [-0.1, -0.05) is 6.07 Å². The maximum Gasteiger partial charge on any atom is 0.416 e. The van der Waals surface area contributed by atoms with E-state index >= 15 is 0 Å². The van der Waals surface area contributed by atoms with E-state index in [9.17, 15) is 18.0 Å². The Morgan fingerprint density at radius 1 is 1.22 bits per heavy atom. The number of carbonyl (C=O) groups excluding carboxylic acids is 1. The van der Waals surface area contributed by atoms with E-state index in [4.69, 9.17) is 10.5 Å². The number of likely N-dealkylation sites (tertiary alicyclic amines) is 1. The van der Waals surface area contributed by atoms with E-state index in [0.717, 1.165) is 17.0 Å². The third-order valence-corrected chi connectivity index (χ3v) is 3.60. The second-order valence-electron chi connectivity index (χ2n) is 5.14. The average Bonchev–Trinajstić information content (AvgIpc) is 2.53. The van der Waals surface area contributed by atoms with Gasteiger partial charge in [0.25, 0.3) is 0 Å². The Morgan fingerprint density at radius 2 is 1.83 bits per heavy atom. The van der Waals surface area contributed by atoms with Crippen LogP contribution in [0.15, 0.2) is 24.3 Å². The molecule has 0 saturated carbocycles. The zero-order valence-corrected chi connectivity index (χ0v) is 12.0. The molecule has 5 nitrogen and oxygen atoms in total. The van der Waals surface area contributed by atoms with E-state index in [0.29, 0.717) is 19.3 Å². The lowest BCUT2D eigenvalue weighted by molar-refractivity contribution is -0.137. The van der Waals surface area contributed by atoms with Crippen LogP contribution in [-0.4, -0.2) is 23.0 Å². The van der Waals surface area contributed by atoms with Gasteiger partial charge in [-0.05, 0) is 37.5 Å². The Hall–Kier alpha value is -2.74. The molecule has 0 aliphatic carbocycles. The van der Waals surface area contributed by atoms with Gasteiger partial charge in [-0.15, -0.1) is 0 Å². The average molecular weight is 322 g/mol. The van der Waals surface area contributed by atoms with Crippen molar-refractivity contribution in [2.24, 2.45) is 0 Å². The molecule has 2 amide bonds. The lowest BCUT2D eigenvalue weighted by Crippen LogP contribution is -2.50. The predicted octanol–water partition coefficient (Wildman–Crippen LogP) is 3.51. The second-order valence-corrected chi connectivity index (χ2v) is 5.14. The Bertz CT molecular complexity index is 653. The largest absolute Gasteiger partial charge is 0.416 e. The fraction of sp³-hybridized carbons (Fsp3) is 0.400.